The molecule has 1 saturated carbocycles. The molecule has 5 heteroatoms. The van der Waals surface area contributed by atoms with Crippen LogP contribution in [0.2, 0.25) is 0 Å². The Labute approximate surface area is 121 Å². The van der Waals surface area contributed by atoms with E-state index in [1.54, 1.807) is 0 Å². The van der Waals surface area contributed by atoms with Crippen LogP contribution in [-0.4, -0.2) is 24.5 Å². The summed E-state index contributed by atoms with van der Waals surface area (Å²) in [6.07, 6.45) is 2.90. The number of benzene rings is 1. The first-order valence-electron chi connectivity index (χ1n) is 6.69. The minimum atomic E-state index is -0.0934. The molecule has 1 fully saturated rings. The Morgan fingerprint density at radius 2 is 2.05 bits per heavy atom. The second kappa shape index (κ2) is 5.69. The maximum absolute atomic E-state index is 9.50. The van der Waals surface area contributed by atoms with Gasteiger partial charge >= 0.3 is 0 Å². The Balaban J connectivity index is 1.55. The molecule has 1 heterocycles. The smallest absolute Gasteiger partial charge is 0.231 e. The van der Waals surface area contributed by atoms with E-state index in [-0.39, 0.29) is 6.10 Å². The van der Waals surface area contributed by atoms with Crippen molar-refractivity contribution in [1.29, 1.82) is 0 Å². The number of halogens is 1. The third-order valence-corrected chi connectivity index (χ3v) is 4.54. The van der Waals surface area contributed by atoms with Crippen LogP contribution in [0.25, 0.3) is 0 Å². The van der Waals surface area contributed by atoms with Gasteiger partial charge in [-0.1, -0.05) is 15.9 Å². The summed E-state index contributed by atoms with van der Waals surface area (Å²) in [5.74, 6) is 2.22. The van der Waals surface area contributed by atoms with Crippen molar-refractivity contribution in [1.82, 2.24) is 5.32 Å². The number of fused-ring (bicyclic) bond motifs is 1. The van der Waals surface area contributed by atoms with Gasteiger partial charge in [0.2, 0.25) is 6.79 Å². The fourth-order valence-corrected chi connectivity index (χ4v) is 3.20. The molecule has 104 valence electrons. The van der Waals surface area contributed by atoms with Gasteiger partial charge in [-0.25, -0.2) is 0 Å². The Morgan fingerprint density at radius 1 is 1.26 bits per heavy atom. The van der Waals surface area contributed by atoms with Gasteiger partial charge in [-0.15, -0.1) is 0 Å². The number of hydrogen-bond donors (Lipinski definition) is 2. The van der Waals surface area contributed by atoms with Crippen LogP contribution >= 0.6 is 15.9 Å². The molecule has 1 aliphatic heterocycles. The molecule has 2 N–H and O–H groups in total. The SMILES string of the molecule is OC1CCC(CNCc2cc3c(cc2Br)OCO3)C1. The van der Waals surface area contributed by atoms with Crippen LogP contribution in [0.15, 0.2) is 16.6 Å². The van der Waals surface area contributed by atoms with E-state index in [1.165, 1.54) is 5.56 Å². The van der Waals surface area contributed by atoms with Crippen LogP contribution < -0.4 is 14.8 Å². The summed E-state index contributed by atoms with van der Waals surface area (Å²) in [6.45, 7) is 2.06. The predicted molar refractivity (Wildman–Crippen MR) is 75.3 cm³/mol. The lowest BCUT2D eigenvalue weighted by Crippen LogP contribution is -2.21. The maximum atomic E-state index is 9.50. The highest BCUT2D eigenvalue weighted by atomic mass is 79.9. The van der Waals surface area contributed by atoms with E-state index < -0.39 is 0 Å². The van der Waals surface area contributed by atoms with Crippen molar-refractivity contribution in [3.8, 4) is 11.5 Å². The second-order valence-corrected chi connectivity index (χ2v) is 6.12. The second-order valence-electron chi connectivity index (χ2n) is 5.26. The Kier molecular flexibility index (Phi) is 3.96. The van der Waals surface area contributed by atoms with Gasteiger partial charge in [-0.3, -0.25) is 0 Å². The lowest BCUT2D eigenvalue weighted by Gasteiger charge is -2.12. The average Bonchev–Trinajstić information content (AvgIpc) is 2.98. The van der Waals surface area contributed by atoms with E-state index in [0.717, 1.165) is 48.3 Å². The molecule has 19 heavy (non-hydrogen) atoms. The summed E-state index contributed by atoms with van der Waals surface area (Å²) in [7, 11) is 0. The van der Waals surface area contributed by atoms with E-state index in [4.69, 9.17) is 9.47 Å². The number of hydrogen-bond acceptors (Lipinski definition) is 4. The number of aliphatic hydroxyl groups excluding tert-OH is 1. The fraction of sp³-hybridized carbons (Fsp3) is 0.571. The quantitative estimate of drug-likeness (QED) is 0.891. The average molecular weight is 328 g/mol. The zero-order chi connectivity index (χ0) is 13.2. The van der Waals surface area contributed by atoms with Gasteiger partial charge in [-0.05, 0) is 49.4 Å². The largest absolute Gasteiger partial charge is 0.454 e. The van der Waals surface area contributed by atoms with Crippen molar-refractivity contribution >= 4 is 15.9 Å². The summed E-state index contributed by atoms with van der Waals surface area (Å²) < 4.78 is 11.8. The first kappa shape index (κ1) is 13.2. The number of ether oxygens (including phenoxy) is 2. The highest BCUT2D eigenvalue weighted by Gasteiger charge is 2.22. The lowest BCUT2D eigenvalue weighted by atomic mass is 10.1. The first-order valence-corrected chi connectivity index (χ1v) is 7.48. The molecule has 2 atom stereocenters. The molecule has 0 radical (unpaired) electrons. The standard InChI is InChI=1S/C14H18BrNO3/c15-12-5-14-13(18-8-19-14)4-10(12)7-16-6-9-1-2-11(17)3-9/h4-5,9,11,16-17H,1-3,6-8H2. The monoisotopic (exact) mass is 327 g/mol. The summed E-state index contributed by atoms with van der Waals surface area (Å²) >= 11 is 3.56. The van der Waals surface area contributed by atoms with Gasteiger partial charge in [0.1, 0.15) is 0 Å². The third-order valence-electron chi connectivity index (χ3n) is 3.80. The predicted octanol–water partition coefficient (Wildman–Crippen LogP) is 2.43. The molecule has 0 saturated heterocycles. The van der Waals surface area contributed by atoms with Crippen molar-refractivity contribution in [2.75, 3.05) is 13.3 Å². The molecule has 3 rings (SSSR count). The fourth-order valence-electron chi connectivity index (χ4n) is 2.74. The summed E-state index contributed by atoms with van der Waals surface area (Å²) in [6, 6.07) is 3.97. The molecule has 0 bridgehead atoms. The Morgan fingerprint density at radius 3 is 2.79 bits per heavy atom. The Hall–Kier alpha value is -0.780. The molecule has 1 aromatic rings. The van der Waals surface area contributed by atoms with E-state index in [0.29, 0.717) is 12.7 Å². The van der Waals surface area contributed by atoms with Crippen molar-refractivity contribution in [2.24, 2.45) is 5.92 Å². The molecule has 4 nitrogen and oxygen atoms in total. The highest BCUT2D eigenvalue weighted by molar-refractivity contribution is 9.10. The normalized spacial score (nSPS) is 24.9. The van der Waals surface area contributed by atoms with Crippen LogP contribution in [0.4, 0.5) is 0 Å². The first-order chi connectivity index (χ1) is 9.22. The van der Waals surface area contributed by atoms with Gasteiger partial charge in [0.05, 0.1) is 6.10 Å². The highest BCUT2D eigenvalue weighted by Crippen LogP contribution is 2.36. The van der Waals surface area contributed by atoms with E-state index >= 15 is 0 Å². The molecule has 0 aromatic heterocycles. The third kappa shape index (κ3) is 3.04. The number of rotatable bonds is 4. The zero-order valence-electron chi connectivity index (χ0n) is 10.7. The van der Waals surface area contributed by atoms with Crippen LogP contribution in [0.3, 0.4) is 0 Å². The lowest BCUT2D eigenvalue weighted by molar-refractivity contribution is 0.174. The molecular formula is C14H18BrNO3. The van der Waals surface area contributed by atoms with Gasteiger partial charge in [-0.2, -0.15) is 0 Å². The minimum absolute atomic E-state index is 0.0934. The molecular weight excluding hydrogens is 310 g/mol. The topological polar surface area (TPSA) is 50.7 Å². The molecule has 0 spiro atoms. The van der Waals surface area contributed by atoms with E-state index in [2.05, 4.69) is 21.2 Å². The van der Waals surface area contributed by atoms with Crippen LogP contribution in [0, 0.1) is 5.92 Å². The summed E-state index contributed by atoms with van der Waals surface area (Å²) in [4.78, 5) is 0. The molecule has 2 aliphatic rings. The van der Waals surface area contributed by atoms with Crippen LogP contribution in [0.5, 0.6) is 11.5 Å². The molecule has 1 aliphatic carbocycles. The summed E-state index contributed by atoms with van der Waals surface area (Å²) in [5, 5.41) is 13.0. The number of nitrogens with one attached hydrogen (secondary N) is 1. The molecule has 0 amide bonds. The van der Waals surface area contributed by atoms with Crippen LogP contribution in [-0.2, 0) is 6.54 Å². The zero-order valence-corrected chi connectivity index (χ0v) is 12.3. The van der Waals surface area contributed by atoms with Gasteiger partial charge < -0.3 is 19.9 Å². The van der Waals surface area contributed by atoms with Crippen molar-refractivity contribution in [3.05, 3.63) is 22.2 Å². The van der Waals surface area contributed by atoms with Gasteiger partial charge in [0.25, 0.3) is 0 Å². The Bertz CT molecular complexity index is 466. The molecule has 1 aromatic carbocycles. The minimum Gasteiger partial charge on any atom is -0.454 e. The van der Waals surface area contributed by atoms with Crippen molar-refractivity contribution < 1.29 is 14.6 Å². The van der Waals surface area contributed by atoms with Gasteiger partial charge in [0.15, 0.2) is 11.5 Å². The number of aliphatic hydroxyl groups is 1. The van der Waals surface area contributed by atoms with Crippen molar-refractivity contribution in [3.63, 3.8) is 0 Å². The summed E-state index contributed by atoms with van der Waals surface area (Å²) in [5.41, 5.74) is 1.17. The van der Waals surface area contributed by atoms with Gasteiger partial charge in [0, 0.05) is 11.0 Å². The maximum Gasteiger partial charge on any atom is 0.231 e. The van der Waals surface area contributed by atoms with E-state index in [9.17, 15) is 5.11 Å². The van der Waals surface area contributed by atoms with E-state index in [1.807, 2.05) is 12.1 Å². The van der Waals surface area contributed by atoms with Crippen molar-refractivity contribution in [2.45, 2.75) is 31.9 Å². The molecule has 2 unspecified atom stereocenters. The van der Waals surface area contributed by atoms with Crippen LogP contribution in [0.1, 0.15) is 24.8 Å².